The first-order chi connectivity index (χ1) is 15.6. The van der Waals surface area contributed by atoms with E-state index in [9.17, 15) is 15.2 Å². The predicted molar refractivity (Wildman–Crippen MR) is 125 cm³/mol. The van der Waals surface area contributed by atoms with Gasteiger partial charge in [-0.3, -0.25) is 9.78 Å². The van der Waals surface area contributed by atoms with Gasteiger partial charge in [0, 0.05) is 11.6 Å². The molecule has 1 aliphatic heterocycles. The molecule has 0 unspecified atom stereocenters. The van der Waals surface area contributed by atoms with Gasteiger partial charge in [0.05, 0.1) is 29.7 Å². The number of nitriles is 1. The molecular formula is C24H20N4O3S. The van der Waals surface area contributed by atoms with Crippen LogP contribution in [0.4, 0.5) is 0 Å². The Hall–Kier alpha value is -3.67. The van der Waals surface area contributed by atoms with E-state index in [4.69, 9.17) is 4.74 Å². The molecule has 1 atom stereocenters. The van der Waals surface area contributed by atoms with Gasteiger partial charge in [-0.05, 0) is 48.0 Å². The molecule has 0 fully saturated rings. The number of nitrogens with one attached hydrogen (secondary N) is 1. The third-order valence-corrected chi connectivity index (χ3v) is 5.77. The highest BCUT2D eigenvalue weighted by Crippen LogP contribution is 2.32. The van der Waals surface area contributed by atoms with Gasteiger partial charge in [0.25, 0.3) is 5.91 Å². The van der Waals surface area contributed by atoms with E-state index < -0.39 is 0 Å². The molecule has 32 heavy (non-hydrogen) atoms. The summed E-state index contributed by atoms with van der Waals surface area (Å²) < 4.78 is 5.69. The fourth-order valence-corrected chi connectivity index (χ4v) is 4.21. The van der Waals surface area contributed by atoms with Crippen LogP contribution in [-0.2, 0) is 4.79 Å². The van der Waals surface area contributed by atoms with Crippen molar-refractivity contribution in [1.82, 2.24) is 10.3 Å². The van der Waals surface area contributed by atoms with Crippen molar-refractivity contribution in [2.75, 3.05) is 13.2 Å². The maximum absolute atomic E-state index is 12.5. The molecule has 0 aliphatic carbocycles. The first-order valence-electron chi connectivity index (χ1n) is 10.0. The van der Waals surface area contributed by atoms with Crippen molar-refractivity contribution in [3.63, 3.8) is 0 Å². The number of aliphatic hydroxyl groups is 1. The standard InChI is InChI=1S/C24H20N4O3S/c1-2-31-22-17(12-25)13-26-19-9-8-15(10-18(19)22)11-21-23(30)28-24(32-21)27-20(14-29)16-6-4-3-5-7-16/h3-11,13,20,29H,2,14H2,1H3,(H,27,28,30)/b21-11-/t20-/m0/s1. The monoisotopic (exact) mass is 444 g/mol. The van der Waals surface area contributed by atoms with Crippen LogP contribution in [0.2, 0.25) is 0 Å². The minimum atomic E-state index is -0.362. The van der Waals surface area contributed by atoms with E-state index in [-0.39, 0.29) is 18.6 Å². The summed E-state index contributed by atoms with van der Waals surface area (Å²) in [4.78, 5) is 21.3. The molecule has 0 saturated heterocycles. The summed E-state index contributed by atoms with van der Waals surface area (Å²) in [6, 6.07) is 16.8. The van der Waals surface area contributed by atoms with Crippen LogP contribution in [-0.4, -0.2) is 34.4 Å². The normalized spacial score (nSPS) is 15.5. The number of aliphatic imine (C=N–C) groups is 1. The number of fused-ring (bicyclic) bond motifs is 1. The van der Waals surface area contributed by atoms with Crippen LogP contribution in [0.5, 0.6) is 5.75 Å². The zero-order valence-corrected chi connectivity index (χ0v) is 18.1. The van der Waals surface area contributed by atoms with Gasteiger partial charge in [-0.2, -0.15) is 10.3 Å². The Morgan fingerprint density at radius 1 is 1.28 bits per heavy atom. The number of pyridine rings is 1. The van der Waals surface area contributed by atoms with Crippen LogP contribution in [0.25, 0.3) is 17.0 Å². The number of benzene rings is 2. The van der Waals surface area contributed by atoms with Crippen molar-refractivity contribution in [3.05, 3.63) is 76.3 Å². The average Bonchev–Trinajstić information content (AvgIpc) is 3.17. The van der Waals surface area contributed by atoms with Crippen LogP contribution in [0, 0.1) is 11.3 Å². The van der Waals surface area contributed by atoms with E-state index in [0.29, 0.717) is 38.9 Å². The number of thioether (sulfide) groups is 1. The van der Waals surface area contributed by atoms with E-state index in [1.54, 1.807) is 6.08 Å². The third-order valence-electron chi connectivity index (χ3n) is 4.85. The lowest BCUT2D eigenvalue weighted by Gasteiger charge is -2.16. The topological polar surface area (TPSA) is 108 Å². The maximum Gasteiger partial charge on any atom is 0.286 e. The largest absolute Gasteiger partial charge is 0.492 e. The molecule has 2 heterocycles. The number of rotatable bonds is 6. The number of amides is 1. The van der Waals surface area contributed by atoms with Crippen molar-refractivity contribution < 1.29 is 14.6 Å². The van der Waals surface area contributed by atoms with Gasteiger partial charge in [-0.15, -0.1) is 0 Å². The summed E-state index contributed by atoms with van der Waals surface area (Å²) in [6.07, 6.45) is 3.24. The quantitative estimate of drug-likeness (QED) is 0.557. The molecule has 1 aromatic heterocycles. The second-order valence-electron chi connectivity index (χ2n) is 6.95. The Bertz CT molecular complexity index is 1270. The van der Waals surface area contributed by atoms with Crippen LogP contribution in [0.1, 0.15) is 29.7 Å². The van der Waals surface area contributed by atoms with Crippen molar-refractivity contribution in [3.8, 4) is 11.8 Å². The molecule has 3 aromatic rings. The van der Waals surface area contributed by atoms with Gasteiger partial charge < -0.3 is 15.2 Å². The molecule has 0 bridgehead atoms. The third kappa shape index (κ3) is 4.49. The first-order valence-corrected chi connectivity index (χ1v) is 10.8. The molecule has 1 aliphatic rings. The van der Waals surface area contributed by atoms with E-state index in [2.05, 4.69) is 21.4 Å². The number of nitrogens with zero attached hydrogens (tertiary/aromatic N) is 3. The molecule has 160 valence electrons. The molecule has 0 spiro atoms. The molecular weight excluding hydrogens is 424 g/mol. The van der Waals surface area contributed by atoms with E-state index in [0.717, 1.165) is 11.1 Å². The lowest BCUT2D eigenvalue weighted by Crippen LogP contribution is -2.27. The highest BCUT2D eigenvalue weighted by atomic mass is 32.2. The Morgan fingerprint density at radius 3 is 2.81 bits per heavy atom. The molecule has 2 N–H and O–H groups in total. The molecule has 4 rings (SSSR count). The minimum Gasteiger partial charge on any atom is -0.492 e. The van der Waals surface area contributed by atoms with Crippen LogP contribution >= 0.6 is 11.8 Å². The Balaban J connectivity index is 1.59. The zero-order valence-electron chi connectivity index (χ0n) is 17.3. The van der Waals surface area contributed by atoms with Gasteiger partial charge >= 0.3 is 0 Å². The van der Waals surface area contributed by atoms with Gasteiger partial charge in [-0.1, -0.05) is 36.4 Å². The summed E-state index contributed by atoms with van der Waals surface area (Å²) >= 11 is 1.22. The highest BCUT2D eigenvalue weighted by Gasteiger charge is 2.24. The molecule has 0 saturated carbocycles. The number of amidine groups is 1. The van der Waals surface area contributed by atoms with Crippen molar-refractivity contribution in [2.45, 2.75) is 13.0 Å². The summed E-state index contributed by atoms with van der Waals surface area (Å²) in [7, 11) is 0. The highest BCUT2D eigenvalue weighted by molar-refractivity contribution is 8.18. The molecule has 2 aromatic carbocycles. The second-order valence-corrected chi connectivity index (χ2v) is 7.98. The molecule has 7 nitrogen and oxygen atoms in total. The smallest absolute Gasteiger partial charge is 0.286 e. The summed E-state index contributed by atoms with van der Waals surface area (Å²) in [6.45, 7) is 2.15. The second kappa shape index (κ2) is 9.64. The number of carbonyl (C=O) groups is 1. The van der Waals surface area contributed by atoms with Gasteiger partial charge in [0.15, 0.2) is 5.17 Å². The Morgan fingerprint density at radius 2 is 2.09 bits per heavy atom. The first kappa shape index (κ1) is 21.6. The Kier molecular flexibility index (Phi) is 6.50. The van der Waals surface area contributed by atoms with Crippen LogP contribution < -0.4 is 10.1 Å². The summed E-state index contributed by atoms with van der Waals surface area (Å²) in [5.74, 6) is 0.134. The number of carbonyl (C=O) groups excluding carboxylic acids is 1. The van der Waals surface area contributed by atoms with Crippen molar-refractivity contribution in [1.29, 1.82) is 5.26 Å². The van der Waals surface area contributed by atoms with E-state index in [1.807, 2.05) is 55.5 Å². The van der Waals surface area contributed by atoms with Crippen LogP contribution in [0.15, 0.2) is 64.6 Å². The fraction of sp³-hybridized carbons (Fsp3) is 0.167. The zero-order chi connectivity index (χ0) is 22.5. The van der Waals surface area contributed by atoms with Crippen molar-refractivity contribution >= 4 is 39.8 Å². The fourth-order valence-electron chi connectivity index (χ4n) is 3.35. The predicted octanol–water partition coefficient (Wildman–Crippen LogP) is 3.80. The number of hydrogen-bond donors (Lipinski definition) is 2. The average molecular weight is 445 g/mol. The lowest BCUT2D eigenvalue weighted by atomic mass is 10.1. The number of ether oxygens (including phenoxy) is 1. The minimum absolute atomic E-state index is 0.129. The molecule has 0 radical (unpaired) electrons. The van der Waals surface area contributed by atoms with Gasteiger partial charge in [0.1, 0.15) is 17.4 Å². The summed E-state index contributed by atoms with van der Waals surface area (Å²) in [5.41, 5.74) is 2.74. The van der Waals surface area contributed by atoms with Gasteiger partial charge in [-0.25, -0.2) is 0 Å². The Labute approximate surface area is 189 Å². The van der Waals surface area contributed by atoms with E-state index >= 15 is 0 Å². The van der Waals surface area contributed by atoms with Gasteiger partial charge in [0.2, 0.25) is 0 Å². The van der Waals surface area contributed by atoms with E-state index in [1.165, 1.54) is 18.0 Å². The number of aliphatic hydroxyl groups excluding tert-OH is 1. The lowest BCUT2D eigenvalue weighted by molar-refractivity contribution is -0.113. The number of aromatic nitrogens is 1. The van der Waals surface area contributed by atoms with Crippen LogP contribution in [0.3, 0.4) is 0 Å². The molecule has 8 heteroatoms. The maximum atomic E-state index is 12.5. The molecule has 1 amide bonds. The summed E-state index contributed by atoms with van der Waals surface area (Å²) in [5, 5.41) is 23.4. The number of hydrogen-bond acceptors (Lipinski definition) is 7. The van der Waals surface area contributed by atoms with Crippen molar-refractivity contribution in [2.24, 2.45) is 4.99 Å². The SMILES string of the molecule is CCOc1c(C#N)cnc2ccc(/C=C3\SC(N[C@@H](CO)c4ccccc4)=NC3=O)cc12.